The number of rotatable bonds is 6. The maximum atomic E-state index is 12.9. The summed E-state index contributed by atoms with van der Waals surface area (Å²) in [4.78, 5) is 12.9. The van der Waals surface area contributed by atoms with Crippen LogP contribution >= 0.6 is 0 Å². The van der Waals surface area contributed by atoms with Gasteiger partial charge in [-0.15, -0.1) is 0 Å². The lowest BCUT2D eigenvalue weighted by Crippen LogP contribution is -2.34. The highest BCUT2D eigenvalue weighted by Gasteiger charge is 2.17. The lowest BCUT2D eigenvalue weighted by Gasteiger charge is -2.28. The van der Waals surface area contributed by atoms with Crippen LogP contribution in [0.15, 0.2) is 24.3 Å². The van der Waals surface area contributed by atoms with E-state index in [0.29, 0.717) is 12.5 Å². The predicted octanol–water partition coefficient (Wildman–Crippen LogP) is 3.01. The highest BCUT2D eigenvalue weighted by molar-refractivity contribution is 5.70. The highest BCUT2D eigenvalue weighted by atomic mass is 19.1. The van der Waals surface area contributed by atoms with Crippen molar-refractivity contribution in [3.63, 3.8) is 0 Å². The number of nitrogens with zero attached hydrogens (tertiary/aromatic N) is 1. The van der Waals surface area contributed by atoms with Gasteiger partial charge < -0.3 is 10.0 Å². The van der Waals surface area contributed by atoms with E-state index in [-0.39, 0.29) is 5.82 Å². The normalized spacial score (nSPS) is 12.5. The van der Waals surface area contributed by atoms with Gasteiger partial charge in [-0.1, -0.05) is 20.8 Å². The van der Waals surface area contributed by atoms with Gasteiger partial charge in [0.25, 0.3) is 0 Å². The molecule has 0 amide bonds. The topological polar surface area (TPSA) is 40.5 Å². The van der Waals surface area contributed by atoms with Gasteiger partial charge in [0.05, 0.1) is 5.92 Å². The average molecular weight is 253 g/mol. The van der Waals surface area contributed by atoms with E-state index < -0.39 is 11.9 Å². The monoisotopic (exact) mass is 253 g/mol. The summed E-state index contributed by atoms with van der Waals surface area (Å²) in [6, 6.07) is 6.17. The molecule has 100 valence electrons. The van der Waals surface area contributed by atoms with Gasteiger partial charge in [0.1, 0.15) is 5.82 Å². The zero-order valence-electron chi connectivity index (χ0n) is 11.1. The van der Waals surface area contributed by atoms with Crippen LogP contribution in [0, 0.1) is 17.7 Å². The van der Waals surface area contributed by atoms with E-state index in [1.165, 1.54) is 12.1 Å². The van der Waals surface area contributed by atoms with Gasteiger partial charge in [-0.3, -0.25) is 4.79 Å². The number of halogens is 1. The molecule has 3 nitrogen and oxygen atoms in total. The van der Waals surface area contributed by atoms with E-state index in [1.54, 1.807) is 19.1 Å². The molecule has 1 aromatic carbocycles. The van der Waals surface area contributed by atoms with Crippen molar-refractivity contribution >= 4 is 11.7 Å². The van der Waals surface area contributed by atoms with E-state index in [9.17, 15) is 9.18 Å². The maximum Gasteiger partial charge on any atom is 0.308 e. The first-order chi connectivity index (χ1) is 8.40. The molecule has 4 heteroatoms. The summed E-state index contributed by atoms with van der Waals surface area (Å²) in [7, 11) is 0. The van der Waals surface area contributed by atoms with Gasteiger partial charge in [0.2, 0.25) is 0 Å². The van der Waals surface area contributed by atoms with E-state index in [4.69, 9.17) is 5.11 Å². The Labute approximate surface area is 107 Å². The summed E-state index contributed by atoms with van der Waals surface area (Å²) in [5.74, 6) is -1.13. The molecule has 1 unspecified atom stereocenters. The lowest BCUT2D eigenvalue weighted by molar-refractivity contribution is -0.140. The number of carboxylic acids is 1. The molecule has 0 bridgehead atoms. The fourth-order valence-electron chi connectivity index (χ4n) is 1.79. The zero-order chi connectivity index (χ0) is 13.7. The number of aliphatic carboxylic acids is 1. The van der Waals surface area contributed by atoms with E-state index in [1.807, 2.05) is 4.90 Å². The molecule has 1 atom stereocenters. The summed E-state index contributed by atoms with van der Waals surface area (Å²) >= 11 is 0. The Kier molecular flexibility index (Phi) is 5.13. The van der Waals surface area contributed by atoms with Crippen LogP contribution in [0.5, 0.6) is 0 Å². The first kappa shape index (κ1) is 14.5. The van der Waals surface area contributed by atoms with Gasteiger partial charge in [0.15, 0.2) is 0 Å². The van der Waals surface area contributed by atoms with E-state index in [2.05, 4.69) is 13.8 Å². The van der Waals surface area contributed by atoms with Crippen molar-refractivity contribution in [2.75, 3.05) is 18.0 Å². The average Bonchev–Trinajstić information content (AvgIpc) is 2.28. The minimum Gasteiger partial charge on any atom is -0.481 e. The van der Waals surface area contributed by atoms with Crippen molar-refractivity contribution in [1.82, 2.24) is 0 Å². The molecular formula is C14H20FNO2. The van der Waals surface area contributed by atoms with Crippen LogP contribution in [0.2, 0.25) is 0 Å². The third-order valence-electron chi connectivity index (χ3n) is 2.69. The Morgan fingerprint density at radius 1 is 1.22 bits per heavy atom. The fraction of sp³-hybridized carbons (Fsp3) is 0.500. The molecule has 0 aliphatic heterocycles. The molecule has 0 saturated carbocycles. The fourth-order valence-corrected chi connectivity index (χ4v) is 1.79. The molecular weight excluding hydrogens is 233 g/mol. The molecule has 18 heavy (non-hydrogen) atoms. The molecule has 0 aliphatic carbocycles. The second-order valence-electron chi connectivity index (χ2n) is 5.01. The van der Waals surface area contributed by atoms with Crippen molar-refractivity contribution < 1.29 is 14.3 Å². The maximum absolute atomic E-state index is 12.9. The molecule has 0 aromatic heterocycles. The van der Waals surface area contributed by atoms with E-state index >= 15 is 0 Å². The van der Waals surface area contributed by atoms with E-state index in [0.717, 1.165) is 12.2 Å². The van der Waals surface area contributed by atoms with Gasteiger partial charge in [-0.05, 0) is 30.2 Å². The molecule has 0 aliphatic rings. The Balaban J connectivity index is 2.83. The first-order valence-corrected chi connectivity index (χ1v) is 6.13. The first-order valence-electron chi connectivity index (χ1n) is 6.13. The van der Waals surface area contributed by atoms with Crippen LogP contribution in [-0.2, 0) is 4.79 Å². The van der Waals surface area contributed by atoms with Crippen molar-refractivity contribution in [3.05, 3.63) is 30.1 Å². The van der Waals surface area contributed by atoms with Gasteiger partial charge in [-0.2, -0.15) is 0 Å². The summed E-state index contributed by atoms with van der Waals surface area (Å²) in [6.45, 7) is 7.01. The number of anilines is 1. The molecule has 1 aromatic rings. The minimum absolute atomic E-state index is 0.283. The van der Waals surface area contributed by atoms with Gasteiger partial charge in [-0.25, -0.2) is 4.39 Å². The van der Waals surface area contributed by atoms with Crippen LogP contribution in [0.3, 0.4) is 0 Å². The molecule has 0 saturated heterocycles. The summed E-state index contributed by atoms with van der Waals surface area (Å²) in [5.41, 5.74) is 0.859. The largest absolute Gasteiger partial charge is 0.481 e. The number of carboxylic acid groups (broad SMARTS) is 1. The molecule has 1 N–H and O–H groups in total. The van der Waals surface area contributed by atoms with Crippen LogP contribution in [0.4, 0.5) is 10.1 Å². The minimum atomic E-state index is -0.814. The Hall–Kier alpha value is -1.58. The molecule has 1 rings (SSSR count). The predicted molar refractivity (Wildman–Crippen MR) is 70.3 cm³/mol. The third kappa shape index (κ3) is 4.35. The Morgan fingerprint density at radius 3 is 2.22 bits per heavy atom. The van der Waals surface area contributed by atoms with Crippen molar-refractivity contribution in [2.24, 2.45) is 11.8 Å². The molecule has 0 radical (unpaired) electrons. The number of hydrogen-bond donors (Lipinski definition) is 1. The third-order valence-corrected chi connectivity index (χ3v) is 2.69. The second-order valence-corrected chi connectivity index (χ2v) is 5.01. The lowest BCUT2D eigenvalue weighted by atomic mass is 10.1. The standard InChI is InChI=1S/C14H20FNO2/c1-10(2)8-16(9-11(3)14(17)18)13-6-4-12(15)5-7-13/h4-7,10-11H,8-9H2,1-3H3,(H,17,18). The summed E-state index contributed by atoms with van der Waals surface area (Å²) in [6.07, 6.45) is 0. The summed E-state index contributed by atoms with van der Waals surface area (Å²) < 4.78 is 12.9. The highest BCUT2D eigenvalue weighted by Crippen LogP contribution is 2.18. The SMILES string of the molecule is CC(C)CN(CC(C)C(=O)O)c1ccc(F)cc1. The van der Waals surface area contributed by atoms with Gasteiger partial charge in [0, 0.05) is 18.8 Å². The molecule has 0 fully saturated rings. The number of carbonyl (C=O) groups is 1. The number of benzene rings is 1. The van der Waals surface area contributed by atoms with Crippen molar-refractivity contribution in [1.29, 1.82) is 0 Å². The smallest absolute Gasteiger partial charge is 0.308 e. The summed E-state index contributed by atoms with van der Waals surface area (Å²) in [5, 5.41) is 8.97. The van der Waals surface area contributed by atoms with Crippen molar-refractivity contribution in [2.45, 2.75) is 20.8 Å². The van der Waals surface area contributed by atoms with Crippen LogP contribution in [0.25, 0.3) is 0 Å². The molecule has 0 spiro atoms. The second kappa shape index (κ2) is 6.38. The number of hydrogen-bond acceptors (Lipinski definition) is 2. The van der Waals surface area contributed by atoms with Crippen LogP contribution in [-0.4, -0.2) is 24.2 Å². The zero-order valence-corrected chi connectivity index (χ0v) is 11.1. The van der Waals surface area contributed by atoms with Crippen LogP contribution < -0.4 is 4.90 Å². The van der Waals surface area contributed by atoms with Crippen LogP contribution in [0.1, 0.15) is 20.8 Å². The molecule has 0 heterocycles. The van der Waals surface area contributed by atoms with Gasteiger partial charge >= 0.3 is 5.97 Å². The van der Waals surface area contributed by atoms with Crippen molar-refractivity contribution in [3.8, 4) is 0 Å². The Morgan fingerprint density at radius 2 is 1.78 bits per heavy atom. The Bertz CT molecular complexity index is 389. The quantitative estimate of drug-likeness (QED) is 0.847.